The largest absolute Gasteiger partial charge is 0.466 e. The molecule has 0 radical (unpaired) electrons. The molecule has 168 valence electrons. The molecule has 0 bridgehead atoms. The van der Waals surface area contributed by atoms with Gasteiger partial charge in [0.15, 0.2) is 0 Å². The molecular formula is C23H33N5O3. The van der Waals surface area contributed by atoms with E-state index in [1.54, 1.807) is 9.58 Å². The van der Waals surface area contributed by atoms with Crippen LogP contribution < -0.4 is 0 Å². The van der Waals surface area contributed by atoms with Gasteiger partial charge < -0.3 is 14.2 Å². The summed E-state index contributed by atoms with van der Waals surface area (Å²) in [5.74, 6) is 1.69. The van der Waals surface area contributed by atoms with Crippen molar-refractivity contribution in [2.75, 3.05) is 40.3 Å². The van der Waals surface area contributed by atoms with E-state index >= 15 is 0 Å². The van der Waals surface area contributed by atoms with E-state index in [4.69, 9.17) is 4.42 Å². The van der Waals surface area contributed by atoms with Gasteiger partial charge in [0.2, 0.25) is 5.91 Å². The molecule has 0 spiro atoms. The van der Waals surface area contributed by atoms with Crippen LogP contribution in [0.2, 0.25) is 0 Å². The Labute approximate surface area is 183 Å². The van der Waals surface area contributed by atoms with E-state index in [0.29, 0.717) is 24.4 Å². The predicted octanol–water partition coefficient (Wildman–Crippen LogP) is 2.07. The van der Waals surface area contributed by atoms with Crippen LogP contribution in [0.25, 0.3) is 0 Å². The Morgan fingerprint density at radius 2 is 2.06 bits per heavy atom. The maximum absolute atomic E-state index is 13.4. The smallest absolute Gasteiger partial charge is 0.257 e. The predicted molar refractivity (Wildman–Crippen MR) is 116 cm³/mol. The van der Waals surface area contributed by atoms with Crippen LogP contribution in [0.1, 0.15) is 40.3 Å². The molecule has 0 aliphatic carbocycles. The van der Waals surface area contributed by atoms with Gasteiger partial charge in [-0.2, -0.15) is 5.10 Å². The third-order valence-electron chi connectivity index (χ3n) is 6.81. The van der Waals surface area contributed by atoms with Crippen LogP contribution in [-0.2, 0) is 18.4 Å². The number of hydrogen-bond donors (Lipinski definition) is 0. The van der Waals surface area contributed by atoms with Gasteiger partial charge in [-0.3, -0.25) is 19.2 Å². The van der Waals surface area contributed by atoms with Gasteiger partial charge in [-0.25, -0.2) is 0 Å². The van der Waals surface area contributed by atoms with Gasteiger partial charge in [-0.05, 0) is 32.8 Å². The van der Waals surface area contributed by atoms with Crippen molar-refractivity contribution in [1.82, 2.24) is 24.5 Å². The van der Waals surface area contributed by atoms with Crippen molar-refractivity contribution < 1.29 is 14.0 Å². The fourth-order valence-corrected chi connectivity index (χ4v) is 5.46. The third-order valence-corrected chi connectivity index (χ3v) is 6.81. The standard InChI is InChI=1S/C23H33N5O3/c1-16-9-20(17(2)31-16)21(29)28-8-6-7-23(22(30)25(3)4)15-27(13-19(23)14-28)12-18-10-24-26(5)11-18/h9-11,19H,6-8,12-15H2,1-5H3/t19-,23+/m1/s1. The first kappa shape index (κ1) is 21.6. The van der Waals surface area contributed by atoms with Gasteiger partial charge in [-0.1, -0.05) is 0 Å². The Bertz CT molecular complexity index is 978. The highest BCUT2D eigenvalue weighted by Gasteiger charge is 2.53. The Hall–Kier alpha value is -2.61. The molecule has 8 nitrogen and oxygen atoms in total. The van der Waals surface area contributed by atoms with E-state index in [0.717, 1.165) is 43.8 Å². The highest BCUT2D eigenvalue weighted by Crippen LogP contribution is 2.44. The fraction of sp³-hybridized carbons (Fsp3) is 0.609. The van der Waals surface area contributed by atoms with Gasteiger partial charge in [0.05, 0.1) is 17.2 Å². The summed E-state index contributed by atoms with van der Waals surface area (Å²) in [6.07, 6.45) is 5.52. The molecule has 31 heavy (non-hydrogen) atoms. The highest BCUT2D eigenvalue weighted by molar-refractivity contribution is 5.95. The lowest BCUT2D eigenvalue weighted by molar-refractivity contribution is -0.141. The van der Waals surface area contributed by atoms with Gasteiger partial charge in [0, 0.05) is 71.5 Å². The zero-order valence-electron chi connectivity index (χ0n) is 19.2. The van der Waals surface area contributed by atoms with Crippen LogP contribution in [0.3, 0.4) is 0 Å². The first-order valence-electron chi connectivity index (χ1n) is 11.0. The molecule has 2 aliphatic rings. The van der Waals surface area contributed by atoms with Crippen molar-refractivity contribution in [3.05, 3.63) is 41.1 Å². The molecular weight excluding hydrogens is 394 g/mol. The number of aromatic nitrogens is 2. The van der Waals surface area contributed by atoms with Gasteiger partial charge >= 0.3 is 0 Å². The number of carbonyl (C=O) groups excluding carboxylic acids is 2. The Balaban J connectivity index is 1.59. The minimum atomic E-state index is -0.456. The van der Waals surface area contributed by atoms with E-state index in [-0.39, 0.29) is 17.7 Å². The van der Waals surface area contributed by atoms with Crippen LogP contribution >= 0.6 is 0 Å². The molecule has 2 atom stereocenters. The number of aryl methyl sites for hydroxylation is 3. The maximum atomic E-state index is 13.4. The molecule has 4 heterocycles. The first-order chi connectivity index (χ1) is 14.7. The summed E-state index contributed by atoms with van der Waals surface area (Å²) in [6.45, 7) is 7.23. The summed E-state index contributed by atoms with van der Waals surface area (Å²) >= 11 is 0. The summed E-state index contributed by atoms with van der Waals surface area (Å²) in [6, 6.07) is 1.82. The topological polar surface area (TPSA) is 74.8 Å². The zero-order chi connectivity index (χ0) is 22.3. The number of fused-ring (bicyclic) bond motifs is 1. The fourth-order valence-electron chi connectivity index (χ4n) is 5.46. The quantitative estimate of drug-likeness (QED) is 0.747. The molecule has 0 N–H and O–H groups in total. The lowest BCUT2D eigenvalue weighted by Gasteiger charge is -2.35. The van der Waals surface area contributed by atoms with Crippen molar-refractivity contribution in [3.8, 4) is 0 Å². The van der Waals surface area contributed by atoms with Gasteiger partial charge in [0.1, 0.15) is 11.5 Å². The molecule has 2 aliphatic heterocycles. The van der Waals surface area contributed by atoms with Crippen LogP contribution in [0.4, 0.5) is 0 Å². The summed E-state index contributed by atoms with van der Waals surface area (Å²) in [5, 5.41) is 4.28. The third kappa shape index (κ3) is 4.01. The summed E-state index contributed by atoms with van der Waals surface area (Å²) < 4.78 is 7.40. The van der Waals surface area contributed by atoms with Crippen molar-refractivity contribution in [2.24, 2.45) is 18.4 Å². The summed E-state index contributed by atoms with van der Waals surface area (Å²) in [7, 11) is 5.59. The van der Waals surface area contributed by atoms with Crippen molar-refractivity contribution in [3.63, 3.8) is 0 Å². The Kier molecular flexibility index (Phi) is 5.68. The highest BCUT2D eigenvalue weighted by atomic mass is 16.3. The second kappa shape index (κ2) is 8.15. The number of hydrogen-bond acceptors (Lipinski definition) is 5. The first-order valence-corrected chi connectivity index (χ1v) is 11.0. The van der Waals surface area contributed by atoms with E-state index in [1.807, 2.05) is 58.4 Å². The monoisotopic (exact) mass is 427 g/mol. The molecule has 2 fully saturated rings. The van der Waals surface area contributed by atoms with Crippen LogP contribution in [0, 0.1) is 25.2 Å². The van der Waals surface area contributed by atoms with E-state index in [2.05, 4.69) is 10.00 Å². The lowest BCUT2D eigenvalue weighted by Crippen LogP contribution is -2.47. The van der Waals surface area contributed by atoms with Crippen LogP contribution in [0.5, 0.6) is 0 Å². The molecule has 2 amide bonds. The molecule has 2 aromatic rings. The molecule has 4 rings (SSSR count). The number of amides is 2. The number of carbonyl (C=O) groups is 2. The Morgan fingerprint density at radius 1 is 1.29 bits per heavy atom. The number of likely N-dealkylation sites (tertiary alicyclic amines) is 2. The minimum Gasteiger partial charge on any atom is -0.466 e. The second-order valence-electron chi connectivity index (χ2n) is 9.43. The molecule has 8 heteroatoms. The van der Waals surface area contributed by atoms with Gasteiger partial charge in [0.25, 0.3) is 5.91 Å². The normalized spacial score (nSPS) is 24.2. The number of nitrogens with zero attached hydrogens (tertiary/aromatic N) is 5. The molecule has 2 saturated heterocycles. The van der Waals surface area contributed by atoms with E-state index in [9.17, 15) is 9.59 Å². The molecule has 0 unspecified atom stereocenters. The van der Waals surface area contributed by atoms with Crippen LogP contribution in [-0.4, -0.2) is 76.6 Å². The zero-order valence-corrected chi connectivity index (χ0v) is 19.2. The lowest BCUT2D eigenvalue weighted by atomic mass is 9.74. The maximum Gasteiger partial charge on any atom is 0.257 e. The average molecular weight is 428 g/mol. The van der Waals surface area contributed by atoms with Crippen LogP contribution in [0.15, 0.2) is 22.9 Å². The van der Waals surface area contributed by atoms with Crippen molar-refractivity contribution in [1.29, 1.82) is 0 Å². The Morgan fingerprint density at radius 3 is 2.68 bits per heavy atom. The second-order valence-corrected chi connectivity index (χ2v) is 9.43. The number of rotatable bonds is 4. The van der Waals surface area contributed by atoms with Crippen molar-refractivity contribution >= 4 is 11.8 Å². The van der Waals surface area contributed by atoms with Crippen molar-refractivity contribution in [2.45, 2.75) is 33.2 Å². The van der Waals surface area contributed by atoms with Gasteiger partial charge in [-0.15, -0.1) is 0 Å². The molecule has 0 saturated carbocycles. The summed E-state index contributed by atoms with van der Waals surface area (Å²) in [4.78, 5) is 32.7. The molecule has 2 aromatic heterocycles. The van der Waals surface area contributed by atoms with E-state index < -0.39 is 5.41 Å². The molecule has 0 aromatic carbocycles. The SMILES string of the molecule is Cc1cc(C(=O)N2CCC[C@]3(C(=O)N(C)C)CN(Cc4cnn(C)c4)C[C@@H]3C2)c(C)o1. The average Bonchev–Trinajstić information content (AvgIpc) is 3.34. The minimum absolute atomic E-state index is 0.00756. The summed E-state index contributed by atoms with van der Waals surface area (Å²) in [5.41, 5.74) is 1.32. The number of furan rings is 1. The van der Waals surface area contributed by atoms with E-state index in [1.165, 1.54) is 0 Å².